The average molecular weight is 535 g/mol. The number of ether oxygens (including phenoxy) is 1. The number of nitrogens with zero attached hydrogens (tertiary/aromatic N) is 4. The molecule has 0 aliphatic carbocycles. The number of hydrogen-bond donors (Lipinski definition) is 7. The van der Waals surface area contributed by atoms with Crippen LogP contribution in [0.25, 0.3) is 11.2 Å². The maximum atomic E-state index is 12.6. The molecule has 0 unspecified atom stereocenters. The number of aliphatic hydroxyl groups is 2. The molecule has 0 saturated carbocycles. The van der Waals surface area contributed by atoms with Crippen molar-refractivity contribution in [2.75, 3.05) is 17.6 Å². The number of fused-ring (bicyclic) bond motifs is 1. The van der Waals surface area contributed by atoms with Crippen molar-refractivity contribution in [3.05, 3.63) is 42.5 Å². The highest BCUT2D eigenvalue weighted by atomic mass is 31.2. The topological polar surface area (TPSA) is 235 Å². The van der Waals surface area contributed by atoms with Crippen LogP contribution in [0, 0.1) is 0 Å². The predicted molar refractivity (Wildman–Crippen MR) is 129 cm³/mol. The van der Waals surface area contributed by atoms with Crippen LogP contribution in [-0.2, 0) is 25.1 Å². The van der Waals surface area contributed by atoms with Crippen LogP contribution in [0.15, 0.2) is 36.9 Å². The second-order valence-corrected chi connectivity index (χ2v) is 10.1. The smallest absolute Gasteiger partial charge is 0.329 e. The van der Waals surface area contributed by atoms with Crippen molar-refractivity contribution in [3.63, 3.8) is 0 Å². The Kier molecular flexibility index (Phi) is 7.82. The number of carbonyl (C=O) groups excluding carboxylic acids is 2. The van der Waals surface area contributed by atoms with Gasteiger partial charge in [-0.15, -0.1) is 0 Å². The summed E-state index contributed by atoms with van der Waals surface area (Å²) in [6.45, 7) is 0.110. The summed E-state index contributed by atoms with van der Waals surface area (Å²) in [5, 5.41) is 26.1. The number of rotatable bonds is 9. The van der Waals surface area contributed by atoms with Crippen LogP contribution in [0.4, 0.5) is 11.5 Å². The summed E-state index contributed by atoms with van der Waals surface area (Å²) >= 11 is 0. The quantitative estimate of drug-likeness (QED) is 0.132. The number of carbonyl (C=O) groups is 2. The third-order valence-corrected chi connectivity index (χ3v) is 6.44. The van der Waals surface area contributed by atoms with E-state index in [1.54, 1.807) is 0 Å². The van der Waals surface area contributed by atoms with Crippen molar-refractivity contribution in [1.29, 1.82) is 0 Å². The summed E-state index contributed by atoms with van der Waals surface area (Å²) in [6.07, 6.45) is -2.95. The number of nitrogens with one attached hydrogen (secondary N) is 2. The van der Waals surface area contributed by atoms with Crippen LogP contribution in [0.2, 0.25) is 0 Å². The first-order valence-corrected chi connectivity index (χ1v) is 13.0. The van der Waals surface area contributed by atoms with E-state index in [-0.39, 0.29) is 48.4 Å². The number of amides is 2. The number of aromatic nitrogens is 4. The molecule has 37 heavy (non-hydrogen) atoms. The Morgan fingerprint density at radius 1 is 1.11 bits per heavy atom. The zero-order valence-corrected chi connectivity index (χ0v) is 20.2. The van der Waals surface area contributed by atoms with E-state index in [4.69, 9.17) is 20.3 Å². The van der Waals surface area contributed by atoms with Gasteiger partial charge in [0.25, 0.3) is 5.91 Å². The average Bonchev–Trinajstić information content (AvgIpc) is 3.39. The molecule has 1 aliphatic rings. The second kappa shape index (κ2) is 10.9. The fourth-order valence-corrected chi connectivity index (χ4v) is 4.56. The summed E-state index contributed by atoms with van der Waals surface area (Å²) in [7, 11) is -4.17. The third-order valence-electron chi connectivity index (χ3n) is 5.66. The molecule has 1 aliphatic heterocycles. The van der Waals surface area contributed by atoms with Gasteiger partial charge in [-0.2, -0.15) is 0 Å². The van der Waals surface area contributed by atoms with Gasteiger partial charge in [-0.3, -0.25) is 18.7 Å². The van der Waals surface area contributed by atoms with Crippen LogP contribution in [0.3, 0.4) is 0 Å². The van der Waals surface area contributed by atoms with Crippen molar-refractivity contribution in [2.24, 2.45) is 0 Å². The number of imidazole rings is 1. The van der Waals surface area contributed by atoms with E-state index in [1.165, 1.54) is 41.5 Å². The Morgan fingerprint density at radius 2 is 1.84 bits per heavy atom. The molecule has 198 valence electrons. The van der Waals surface area contributed by atoms with E-state index >= 15 is 0 Å². The first kappa shape index (κ1) is 26.6. The van der Waals surface area contributed by atoms with Gasteiger partial charge in [0.2, 0.25) is 5.91 Å². The van der Waals surface area contributed by atoms with Crippen molar-refractivity contribution in [3.8, 4) is 0 Å². The molecule has 1 fully saturated rings. The first-order chi connectivity index (χ1) is 17.5. The molecule has 16 heteroatoms. The standard InChI is InChI=1S/C21H26N7O8P/c22-18-14-19(25-9-24-18)28(10-26-14)21-16(31)15(30)17(36-21)20(32)23-7-1-2-13(29)27-12-5-3-11(4-6-12)8-37(33,34)35/h3-6,9-10,15-17,21,30-31H,1-2,7-8H2,(H,23,32)(H,27,29)(H2,22,24,25)(H2,33,34,35)/t15-,16+,17+,21-/m1/s1. The SMILES string of the molecule is Nc1ncnc2c1ncn2[C@@H]1O[C@H](C(=O)NCCCC(=O)Nc2ccc(CP(=O)(O)O)cc2)[C@H](O)[C@@H]1O. The fraction of sp³-hybridized carbons (Fsp3) is 0.381. The highest BCUT2D eigenvalue weighted by Crippen LogP contribution is 2.39. The summed E-state index contributed by atoms with van der Waals surface area (Å²) in [5.74, 6) is -0.849. The maximum Gasteiger partial charge on any atom is 0.329 e. The van der Waals surface area contributed by atoms with Crippen molar-refractivity contribution in [1.82, 2.24) is 24.8 Å². The van der Waals surface area contributed by atoms with E-state index in [1.807, 2.05) is 0 Å². The Morgan fingerprint density at radius 3 is 2.54 bits per heavy atom. The molecule has 4 rings (SSSR count). The molecule has 0 radical (unpaired) electrons. The van der Waals surface area contributed by atoms with Crippen molar-refractivity contribution >= 4 is 42.1 Å². The Hall–Kier alpha value is -3.46. The van der Waals surface area contributed by atoms with Crippen LogP contribution < -0.4 is 16.4 Å². The number of hydrogen-bond acceptors (Lipinski definition) is 10. The molecule has 4 atom stereocenters. The molecular weight excluding hydrogens is 509 g/mol. The van der Waals surface area contributed by atoms with E-state index < -0.39 is 38.0 Å². The minimum absolute atomic E-state index is 0.0754. The van der Waals surface area contributed by atoms with E-state index in [9.17, 15) is 24.4 Å². The summed E-state index contributed by atoms with van der Waals surface area (Å²) < 4.78 is 18.0. The van der Waals surface area contributed by atoms with Crippen LogP contribution in [0.1, 0.15) is 24.6 Å². The normalized spacial score (nSPS) is 21.7. The Balaban J connectivity index is 1.24. The molecule has 8 N–H and O–H groups in total. The number of aliphatic hydroxyl groups excluding tert-OH is 2. The Labute approximate surface area is 209 Å². The maximum absolute atomic E-state index is 12.6. The summed E-state index contributed by atoms with van der Waals surface area (Å²) in [4.78, 5) is 54.7. The molecule has 1 saturated heterocycles. The molecule has 3 aromatic rings. The molecule has 15 nitrogen and oxygen atoms in total. The van der Waals surface area contributed by atoms with E-state index in [0.29, 0.717) is 11.3 Å². The van der Waals surface area contributed by atoms with Gasteiger partial charge < -0.3 is 41.1 Å². The zero-order valence-electron chi connectivity index (χ0n) is 19.3. The number of nitrogens with two attached hydrogens (primary N) is 1. The van der Waals surface area contributed by atoms with E-state index in [0.717, 1.165) is 0 Å². The predicted octanol–water partition coefficient (Wildman–Crippen LogP) is -0.760. The lowest BCUT2D eigenvalue weighted by Crippen LogP contribution is -2.43. The van der Waals surface area contributed by atoms with Gasteiger partial charge >= 0.3 is 7.60 Å². The lowest BCUT2D eigenvalue weighted by Gasteiger charge is -2.16. The highest BCUT2D eigenvalue weighted by molar-refractivity contribution is 7.50. The Bertz CT molecular complexity index is 1330. The zero-order chi connectivity index (χ0) is 26.7. The summed E-state index contributed by atoms with van der Waals surface area (Å²) in [6, 6.07) is 6.10. The fourth-order valence-electron chi connectivity index (χ4n) is 3.88. The van der Waals surface area contributed by atoms with Crippen molar-refractivity contribution < 1.29 is 38.9 Å². The number of anilines is 2. The third kappa shape index (κ3) is 6.28. The van der Waals surface area contributed by atoms with Gasteiger partial charge in [-0.05, 0) is 24.1 Å². The lowest BCUT2D eigenvalue weighted by atomic mass is 10.1. The molecule has 1 aromatic carbocycles. The van der Waals surface area contributed by atoms with Crippen LogP contribution in [0.5, 0.6) is 0 Å². The van der Waals surface area contributed by atoms with Gasteiger partial charge in [0.05, 0.1) is 12.5 Å². The lowest BCUT2D eigenvalue weighted by molar-refractivity contribution is -0.137. The molecular formula is C21H26N7O8P. The molecule has 3 heterocycles. The van der Waals surface area contributed by atoms with Crippen molar-refractivity contribution in [2.45, 2.75) is 43.5 Å². The van der Waals surface area contributed by atoms with Gasteiger partial charge in [0.1, 0.15) is 24.1 Å². The van der Waals surface area contributed by atoms with Gasteiger partial charge in [-0.1, -0.05) is 12.1 Å². The highest BCUT2D eigenvalue weighted by Gasteiger charge is 2.47. The molecule has 2 amide bonds. The van der Waals surface area contributed by atoms with Crippen LogP contribution >= 0.6 is 7.60 Å². The minimum Gasteiger partial charge on any atom is -0.387 e. The monoisotopic (exact) mass is 535 g/mol. The largest absolute Gasteiger partial charge is 0.387 e. The number of benzene rings is 1. The first-order valence-electron chi connectivity index (χ1n) is 11.2. The summed E-state index contributed by atoms with van der Waals surface area (Å²) in [5.41, 5.74) is 7.23. The second-order valence-electron chi connectivity index (χ2n) is 8.47. The molecule has 0 spiro atoms. The minimum atomic E-state index is -4.17. The van der Waals surface area contributed by atoms with E-state index in [2.05, 4.69) is 25.6 Å². The molecule has 2 aromatic heterocycles. The van der Waals surface area contributed by atoms with Crippen LogP contribution in [-0.4, -0.2) is 76.2 Å². The van der Waals surface area contributed by atoms with Gasteiger partial charge in [0.15, 0.2) is 23.8 Å². The van der Waals surface area contributed by atoms with Gasteiger partial charge in [-0.25, -0.2) is 15.0 Å². The van der Waals surface area contributed by atoms with Gasteiger partial charge in [0, 0.05) is 18.7 Å². The number of nitrogen functional groups attached to an aromatic ring is 1. The molecule has 0 bridgehead atoms.